The summed E-state index contributed by atoms with van der Waals surface area (Å²) in [6, 6.07) is 0. The van der Waals surface area contributed by atoms with Crippen LogP contribution in [0.4, 0.5) is 0 Å². The van der Waals surface area contributed by atoms with Gasteiger partial charge >= 0.3 is 0 Å². The molecule has 0 aromatic carbocycles. The molecule has 1 N–H and O–H groups in total. The first-order chi connectivity index (χ1) is 9.64. The molecule has 0 saturated heterocycles. The van der Waals surface area contributed by atoms with E-state index in [2.05, 4.69) is 33.9 Å². The SMILES string of the molecule is COCO[C@H]1C=C[C@H](O)[C@@H](OC)[C@@H]1O[Si](C)(C)C(C)(C)C. The van der Waals surface area contributed by atoms with Gasteiger partial charge in [-0.25, -0.2) is 0 Å². The van der Waals surface area contributed by atoms with Gasteiger partial charge in [-0.1, -0.05) is 32.9 Å². The van der Waals surface area contributed by atoms with Crippen molar-refractivity contribution in [2.45, 2.75) is 63.3 Å². The Hall–Kier alpha value is -0.243. The fraction of sp³-hybridized carbons (Fsp3) is 0.867. The van der Waals surface area contributed by atoms with Gasteiger partial charge in [-0.3, -0.25) is 0 Å². The molecular formula is C15H30O5Si. The van der Waals surface area contributed by atoms with Crippen LogP contribution in [0, 0.1) is 0 Å². The summed E-state index contributed by atoms with van der Waals surface area (Å²) in [7, 11) is 1.16. The lowest BCUT2D eigenvalue weighted by atomic mass is 9.96. The van der Waals surface area contributed by atoms with Gasteiger partial charge in [-0.2, -0.15) is 0 Å². The lowest BCUT2D eigenvalue weighted by molar-refractivity contribution is -0.144. The van der Waals surface area contributed by atoms with Crippen molar-refractivity contribution < 1.29 is 23.7 Å². The zero-order valence-corrected chi connectivity index (χ0v) is 15.3. The highest BCUT2D eigenvalue weighted by molar-refractivity contribution is 6.74. The number of hydrogen-bond acceptors (Lipinski definition) is 5. The summed E-state index contributed by atoms with van der Waals surface area (Å²) in [6.07, 6.45) is 1.77. The van der Waals surface area contributed by atoms with E-state index in [-0.39, 0.29) is 24.0 Å². The summed E-state index contributed by atoms with van der Waals surface area (Å²) >= 11 is 0. The van der Waals surface area contributed by atoms with E-state index in [1.165, 1.54) is 0 Å². The molecular weight excluding hydrogens is 288 g/mol. The van der Waals surface area contributed by atoms with Crippen molar-refractivity contribution in [1.29, 1.82) is 0 Å². The molecule has 0 bridgehead atoms. The quantitative estimate of drug-likeness (QED) is 0.463. The Bertz CT molecular complexity index is 350. The van der Waals surface area contributed by atoms with Crippen molar-refractivity contribution in [3.8, 4) is 0 Å². The molecule has 1 rings (SSSR count). The van der Waals surface area contributed by atoms with E-state index in [0.717, 1.165) is 0 Å². The van der Waals surface area contributed by atoms with Crippen LogP contribution >= 0.6 is 0 Å². The topological polar surface area (TPSA) is 57.2 Å². The second kappa shape index (κ2) is 7.35. The van der Waals surface area contributed by atoms with Crippen LogP contribution in [0.2, 0.25) is 18.1 Å². The molecule has 1 aliphatic rings. The lowest BCUT2D eigenvalue weighted by Crippen LogP contribution is -2.56. The maximum atomic E-state index is 10.1. The van der Waals surface area contributed by atoms with Gasteiger partial charge in [0.05, 0.1) is 0 Å². The van der Waals surface area contributed by atoms with E-state index < -0.39 is 20.5 Å². The molecule has 124 valence electrons. The van der Waals surface area contributed by atoms with Crippen LogP contribution in [0.15, 0.2) is 12.2 Å². The molecule has 0 heterocycles. The van der Waals surface area contributed by atoms with Gasteiger partial charge < -0.3 is 23.7 Å². The van der Waals surface area contributed by atoms with Crippen LogP contribution in [0.5, 0.6) is 0 Å². The first-order valence-corrected chi connectivity index (χ1v) is 10.2. The van der Waals surface area contributed by atoms with Crippen LogP contribution < -0.4 is 0 Å². The van der Waals surface area contributed by atoms with Crippen LogP contribution in [0.1, 0.15) is 20.8 Å². The van der Waals surface area contributed by atoms with Crippen LogP contribution in [-0.4, -0.2) is 58.9 Å². The molecule has 0 fully saturated rings. The smallest absolute Gasteiger partial charge is 0.192 e. The zero-order chi connectivity index (χ0) is 16.3. The summed E-state index contributed by atoms with van der Waals surface area (Å²) in [5.74, 6) is 0. The molecule has 0 aromatic rings. The minimum Gasteiger partial charge on any atom is -0.408 e. The van der Waals surface area contributed by atoms with Gasteiger partial charge in [0, 0.05) is 14.2 Å². The normalized spacial score (nSPS) is 30.7. The maximum Gasteiger partial charge on any atom is 0.192 e. The molecule has 5 nitrogen and oxygen atoms in total. The van der Waals surface area contributed by atoms with Gasteiger partial charge in [0.15, 0.2) is 8.32 Å². The predicted octanol–water partition coefficient (Wildman–Crippen LogP) is 2.31. The average molecular weight is 318 g/mol. The molecule has 0 radical (unpaired) electrons. The second-order valence-corrected chi connectivity index (χ2v) is 11.7. The standard InChI is InChI=1S/C15H30O5Si/c1-15(2,3)21(6,7)20-14-12(19-10-17-4)9-8-11(16)13(14)18-5/h8-9,11-14,16H,10H2,1-7H3/t11-,12-,13+,14+/m0/s1. The summed E-state index contributed by atoms with van der Waals surface area (Å²) < 4.78 is 22.6. The molecule has 6 heteroatoms. The van der Waals surface area contributed by atoms with Crippen molar-refractivity contribution in [3.63, 3.8) is 0 Å². The predicted molar refractivity (Wildman–Crippen MR) is 84.8 cm³/mol. The first-order valence-electron chi connectivity index (χ1n) is 7.31. The van der Waals surface area contributed by atoms with Crippen molar-refractivity contribution in [3.05, 3.63) is 12.2 Å². The molecule has 4 atom stereocenters. The summed E-state index contributed by atoms with van der Waals surface area (Å²) in [6.45, 7) is 11.1. The third kappa shape index (κ3) is 4.61. The minimum absolute atomic E-state index is 0.0726. The van der Waals surface area contributed by atoms with Gasteiger partial charge in [0.1, 0.15) is 31.2 Å². The van der Waals surface area contributed by atoms with Gasteiger partial charge in [-0.15, -0.1) is 0 Å². The maximum absolute atomic E-state index is 10.1. The van der Waals surface area contributed by atoms with Crippen molar-refractivity contribution >= 4 is 8.32 Å². The summed E-state index contributed by atoms with van der Waals surface area (Å²) in [4.78, 5) is 0. The molecule has 0 saturated carbocycles. The summed E-state index contributed by atoms with van der Waals surface area (Å²) in [5.41, 5.74) is 0. The number of ether oxygens (including phenoxy) is 3. The monoisotopic (exact) mass is 318 g/mol. The van der Waals surface area contributed by atoms with Crippen molar-refractivity contribution in [1.82, 2.24) is 0 Å². The van der Waals surface area contributed by atoms with Gasteiger partial charge in [0.2, 0.25) is 0 Å². The van der Waals surface area contributed by atoms with Crippen molar-refractivity contribution in [2.75, 3.05) is 21.0 Å². The Balaban J connectivity index is 2.96. The van der Waals surface area contributed by atoms with Crippen molar-refractivity contribution in [2.24, 2.45) is 0 Å². The largest absolute Gasteiger partial charge is 0.408 e. The molecule has 0 unspecified atom stereocenters. The molecule has 0 aliphatic heterocycles. The van der Waals surface area contributed by atoms with Gasteiger partial charge in [0.25, 0.3) is 0 Å². The number of methoxy groups -OCH3 is 2. The number of aliphatic hydroxyl groups excluding tert-OH is 1. The van der Waals surface area contributed by atoms with E-state index in [1.807, 2.05) is 6.08 Å². The number of aliphatic hydroxyl groups is 1. The first kappa shape index (κ1) is 18.8. The Labute approximate surface area is 129 Å². The Morgan fingerprint density at radius 3 is 2.19 bits per heavy atom. The van der Waals surface area contributed by atoms with Crippen LogP contribution in [0.25, 0.3) is 0 Å². The molecule has 1 aliphatic carbocycles. The minimum atomic E-state index is -2.01. The molecule has 21 heavy (non-hydrogen) atoms. The molecule has 0 aromatic heterocycles. The fourth-order valence-electron chi connectivity index (χ4n) is 2.05. The van der Waals surface area contributed by atoms with E-state index in [0.29, 0.717) is 0 Å². The highest BCUT2D eigenvalue weighted by atomic mass is 28.4. The number of hydrogen-bond donors (Lipinski definition) is 1. The van der Waals surface area contributed by atoms with E-state index in [1.54, 1.807) is 20.3 Å². The van der Waals surface area contributed by atoms with E-state index in [4.69, 9.17) is 18.6 Å². The third-order valence-corrected chi connectivity index (χ3v) is 8.84. The second-order valence-electron chi connectivity index (χ2n) is 6.96. The highest BCUT2D eigenvalue weighted by Crippen LogP contribution is 2.39. The zero-order valence-electron chi connectivity index (χ0n) is 14.3. The molecule has 0 spiro atoms. The van der Waals surface area contributed by atoms with Crippen LogP contribution in [-0.2, 0) is 18.6 Å². The third-order valence-electron chi connectivity index (χ3n) is 4.37. The lowest BCUT2D eigenvalue weighted by Gasteiger charge is -2.44. The Morgan fingerprint density at radius 1 is 1.10 bits per heavy atom. The average Bonchev–Trinajstić information content (AvgIpc) is 2.36. The van der Waals surface area contributed by atoms with E-state index in [9.17, 15) is 5.11 Å². The van der Waals surface area contributed by atoms with Crippen LogP contribution in [0.3, 0.4) is 0 Å². The highest BCUT2D eigenvalue weighted by Gasteiger charge is 2.45. The summed E-state index contributed by atoms with van der Waals surface area (Å²) in [5, 5.41) is 10.2. The Kier molecular flexibility index (Phi) is 6.58. The number of rotatable bonds is 6. The van der Waals surface area contributed by atoms with E-state index >= 15 is 0 Å². The Morgan fingerprint density at radius 2 is 1.71 bits per heavy atom. The molecule has 0 amide bonds. The van der Waals surface area contributed by atoms with Gasteiger partial charge in [-0.05, 0) is 18.1 Å². The fourth-order valence-corrected chi connectivity index (χ4v) is 3.35.